The molecule has 1 aliphatic rings. The summed E-state index contributed by atoms with van der Waals surface area (Å²) in [7, 11) is 0. The summed E-state index contributed by atoms with van der Waals surface area (Å²) in [6, 6.07) is 10.4. The number of cyclic esters (lactones) is 2. The zero-order chi connectivity index (χ0) is 28.0. The van der Waals surface area contributed by atoms with Crippen LogP contribution in [0.4, 0.5) is 0 Å². The van der Waals surface area contributed by atoms with E-state index >= 15 is 0 Å². The zero-order valence-electron chi connectivity index (χ0n) is 23.9. The van der Waals surface area contributed by atoms with Crippen LogP contribution in [0.3, 0.4) is 0 Å². The Morgan fingerprint density at radius 1 is 0.811 bits per heavy atom. The fourth-order valence-corrected chi connectivity index (χ4v) is 4.35. The van der Waals surface area contributed by atoms with Crippen LogP contribution >= 0.6 is 0 Å². The maximum absolute atomic E-state index is 12.0. The third kappa shape index (κ3) is 13.0. The first-order chi connectivity index (χ1) is 17.4. The summed E-state index contributed by atoms with van der Waals surface area (Å²) in [6.07, 6.45) is 0.743. The van der Waals surface area contributed by atoms with Gasteiger partial charge in [0.25, 0.3) is 0 Å². The van der Waals surface area contributed by atoms with Gasteiger partial charge in [-0.05, 0) is 50.5 Å². The summed E-state index contributed by atoms with van der Waals surface area (Å²) in [5.74, 6) is -0.527. The van der Waals surface area contributed by atoms with Crippen molar-refractivity contribution in [3.8, 4) is 0 Å². The molecule has 8 heteroatoms. The van der Waals surface area contributed by atoms with E-state index in [0.717, 1.165) is 0 Å². The lowest BCUT2D eigenvalue weighted by Crippen LogP contribution is -2.26. The van der Waals surface area contributed by atoms with E-state index in [1.807, 2.05) is 52.8 Å². The molecule has 1 aliphatic heterocycles. The highest BCUT2D eigenvalue weighted by Crippen LogP contribution is 2.39. The minimum Gasteiger partial charge on any atom is -0.393 e. The number of esters is 2. The first kappa shape index (κ1) is 33.2. The van der Waals surface area contributed by atoms with E-state index in [1.165, 1.54) is 5.56 Å². The van der Waals surface area contributed by atoms with Crippen LogP contribution in [0.15, 0.2) is 30.3 Å². The predicted molar refractivity (Wildman–Crippen MR) is 146 cm³/mol. The minimum absolute atomic E-state index is 0.0673. The van der Waals surface area contributed by atoms with Crippen molar-refractivity contribution in [2.75, 3.05) is 33.0 Å². The Balaban J connectivity index is 0.000000387. The molecule has 1 aromatic carbocycles. The van der Waals surface area contributed by atoms with Gasteiger partial charge in [-0.3, -0.25) is 9.59 Å². The summed E-state index contributed by atoms with van der Waals surface area (Å²) >= 11 is 0. The van der Waals surface area contributed by atoms with E-state index in [1.54, 1.807) is 0 Å². The molecule has 6 atom stereocenters. The van der Waals surface area contributed by atoms with Gasteiger partial charge < -0.3 is 30.4 Å². The van der Waals surface area contributed by atoms with Gasteiger partial charge in [-0.25, -0.2) is 0 Å². The SMILES string of the molecule is CC(C)C(CC1C(=O)OC(=O)C1C(C)C)c1ccccc1.CC(N)COCCOC(C)COCC(C)N. The van der Waals surface area contributed by atoms with Gasteiger partial charge >= 0.3 is 11.9 Å². The van der Waals surface area contributed by atoms with Gasteiger partial charge in [0.1, 0.15) is 0 Å². The van der Waals surface area contributed by atoms with Gasteiger partial charge in [-0.2, -0.15) is 0 Å². The number of ether oxygens (including phenoxy) is 4. The Labute approximate surface area is 223 Å². The molecular formula is C29H50N2O6. The average molecular weight is 523 g/mol. The summed E-state index contributed by atoms with van der Waals surface area (Å²) in [5, 5.41) is 0. The fraction of sp³-hybridized carbons (Fsp3) is 0.724. The first-order valence-electron chi connectivity index (χ1n) is 13.5. The highest BCUT2D eigenvalue weighted by Gasteiger charge is 2.46. The largest absolute Gasteiger partial charge is 0.393 e. The molecule has 0 radical (unpaired) electrons. The van der Waals surface area contributed by atoms with Crippen LogP contribution in [0.25, 0.3) is 0 Å². The Bertz CT molecular complexity index is 769. The maximum Gasteiger partial charge on any atom is 0.317 e. The molecule has 0 saturated carbocycles. The third-order valence-corrected chi connectivity index (χ3v) is 6.21. The fourth-order valence-electron chi connectivity index (χ4n) is 4.35. The Morgan fingerprint density at radius 3 is 1.95 bits per heavy atom. The number of rotatable bonds is 15. The summed E-state index contributed by atoms with van der Waals surface area (Å²) in [6.45, 7) is 16.9. The van der Waals surface area contributed by atoms with Crippen LogP contribution in [0.1, 0.15) is 66.4 Å². The number of hydrogen-bond acceptors (Lipinski definition) is 8. The lowest BCUT2D eigenvalue weighted by Gasteiger charge is -2.26. The van der Waals surface area contributed by atoms with Crippen LogP contribution in [0.5, 0.6) is 0 Å². The number of carbonyl (C=O) groups excluding carboxylic acids is 2. The van der Waals surface area contributed by atoms with Gasteiger partial charge in [0.05, 0.1) is 51.0 Å². The van der Waals surface area contributed by atoms with E-state index < -0.39 is 0 Å². The van der Waals surface area contributed by atoms with Crippen LogP contribution in [-0.4, -0.2) is 63.2 Å². The van der Waals surface area contributed by atoms with Crippen molar-refractivity contribution in [2.45, 2.75) is 79.0 Å². The lowest BCUT2D eigenvalue weighted by atomic mass is 9.75. The maximum atomic E-state index is 12.0. The van der Waals surface area contributed by atoms with Crippen molar-refractivity contribution >= 4 is 11.9 Å². The van der Waals surface area contributed by atoms with Crippen LogP contribution in [0, 0.1) is 23.7 Å². The van der Waals surface area contributed by atoms with E-state index in [0.29, 0.717) is 45.4 Å². The smallest absolute Gasteiger partial charge is 0.317 e. The Kier molecular flexibility index (Phi) is 15.8. The van der Waals surface area contributed by atoms with Crippen molar-refractivity contribution < 1.29 is 28.5 Å². The standard InChI is InChI=1S/C18H24O3.C11H26N2O3/c1-11(2)14(13-8-6-5-7-9-13)10-15-16(12(3)4)18(20)21-17(15)19;1-9(12)6-14-4-5-16-11(3)8-15-7-10(2)13/h5-9,11-12,14-16H,10H2,1-4H3;9-11H,4-8,12-13H2,1-3H3. The van der Waals surface area contributed by atoms with Gasteiger partial charge in [-0.1, -0.05) is 58.0 Å². The Hall–Kier alpha value is -1.84. The molecule has 1 heterocycles. The molecule has 4 N–H and O–H groups in total. The molecule has 8 nitrogen and oxygen atoms in total. The molecule has 0 aliphatic carbocycles. The summed E-state index contributed by atoms with van der Waals surface area (Å²) in [4.78, 5) is 23.9. The van der Waals surface area contributed by atoms with Crippen molar-refractivity contribution in [1.29, 1.82) is 0 Å². The van der Waals surface area contributed by atoms with Crippen molar-refractivity contribution in [1.82, 2.24) is 0 Å². The zero-order valence-corrected chi connectivity index (χ0v) is 23.9. The lowest BCUT2D eigenvalue weighted by molar-refractivity contribution is -0.154. The highest BCUT2D eigenvalue weighted by atomic mass is 16.6. The summed E-state index contributed by atoms with van der Waals surface area (Å²) < 4.78 is 21.0. The topological polar surface area (TPSA) is 123 Å². The second-order valence-electron chi connectivity index (χ2n) is 10.9. The van der Waals surface area contributed by atoms with Gasteiger partial charge in [0.2, 0.25) is 0 Å². The molecule has 2 rings (SSSR count). The molecule has 0 amide bonds. The molecule has 6 unspecified atom stereocenters. The number of hydrogen-bond donors (Lipinski definition) is 2. The van der Waals surface area contributed by atoms with Crippen LogP contribution in [-0.2, 0) is 28.5 Å². The normalized spacial score (nSPS) is 20.8. The predicted octanol–water partition coefficient (Wildman–Crippen LogP) is 3.91. The van der Waals surface area contributed by atoms with E-state index in [4.69, 9.17) is 30.4 Å². The molecule has 37 heavy (non-hydrogen) atoms. The third-order valence-electron chi connectivity index (χ3n) is 6.21. The minimum atomic E-state index is -0.351. The second-order valence-corrected chi connectivity index (χ2v) is 10.9. The van der Waals surface area contributed by atoms with Crippen molar-refractivity contribution in [3.63, 3.8) is 0 Å². The Morgan fingerprint density at radius 2 is 1.41 bits per heavy atom. The number of carbonyl (C=O) groups is 2. The van der Waals surface area contributed by atoms with E-state index in [2.05, 4.69) is 26.0 Å². The van der Waals surface area contributed by atoms with Crippen molar-refractivity contribution in [3.05, 3.63) is 35.9 Å². The van der Waals surface area contributed by atoms with Crippen LogP contribution in [0.2, 0.25) is 0 Å². The van der Waals surface area contributed by atoms with Gasteiger partial charge in [0, 0.05) is 12.1 Å². The summed E-state index contributed by atoms with van der Waals surface area (Å²) in [5.41, 5.74) is 12.3. The molecule has 1 aromatic rings. The molecule has 0 bridgehead atoms. The van der Waals surface area contributed by atoms with Gasteiger partial charge in [-0.15, -0.1) is 0 Å². The number of benzene rings is 1. The highest BCUT2D eigenvalue weighted by molar-refractivity contribution is 5.96. The van der Waals surface area contributed by atoms with E-state index in [-0.39, 0.29) is 53.8 Å². The van der Waals surface area contributed by atoms with Crippen LogP contribution < -0.4 is 11.5 Å². The van der Waals surface area contributed by atoms with E-state index in [9.17, 15) is 9.59 Å². The molecule has 1 fully saturated rings. The molecular weight excluding hydrogens is 472 g/mol. The monoisotopic (exact) mass is 522 g/mol. The molecule has 212 valence electrons. The average Bonchev–Trinajstić information content (AvgIpc) is 3.10. The molecule has 0 aromatic heterocycles. The van der Waals surface area contributed by atoms with Crippen molar-refractivity contribution in [2.24, 2.45) is 35.1 Å². The number of nitrogens with two attached hydrogens (primary N) is 2. The van der Waals surface area contributed by atoms with Gasteiger partial charge in [0.15, 0.2) is 0 Å². The second kappa shape index (κ2) is 17.6. The molecule has 1 saturated heterocycles. The quantitative estimate of drug-likeness (QED) is 0.202. The first-order valence-corrected chi connectivity index (χ1v) is 13.5. The molecule has 0 spiro atoms.